The second kappa shape index (κ2) is 5.34. The van der Waals surface area contributed by atoms with E-state index in [4.69, 9.17) is 10.8 Å². The molecule has 0 heterocycles. The molecule has 0 radical (unpaired) electrons. The smallest absolute Gasteiger partial charge is 0.416 e. The Bertz CT molecular complexity index is 433. The van der Waals surface area contributed by atoms with Gasteiger partial charge in [0.05, 0.1) is 5.56 Å². The predicted octanol–water partition coefficient (Wildman–Crippen LogP) is 2.52. The fraction of sp³-hybridized carbons (Fsp3) is 0.364. The van der Waals surface area contributed by atoms with Crippen molar-refractivity contribution in [3.05, 3.63) is 35.4 Å². The number of hydrogen-bond donors (Lipinski definition) is 2. The van der Waals surface area contributed by atoms with Crippen molar-refractivity contribution in [2.75, 3.05) is 0 Å². The molecule has 0 aliphatic heterocycles. The van der Waals surface area contributed by atoms with Gasteiger partial charge in [-0.15, -0.1) is 0 Å². The van der Waals surface area contributed by atoms with E-state index in [0.717, 1.165) is 18.2 Å². The molecule has 0 aliphatic carbocycles. The highest BCUT2D eigenvalue weighted by Crippen LogP contribution is 2.32. The molecule has 7 heteroatoms. The lowest BCUT2D eigenvalue weighted by molar-refractivity contribution is -0.139. The van der Waals surface area contributed by atoms with Gasteiger partial charge in [0.1, 0.15) is 12.2 Å². The first-order chi connectivity index (χ1) is 8.21. The molecule has 1 aromatic rings. The number of nitrogens with two attached hydrogens (primary N) is 1. The lowest BCUT2D eigenvalue weighted by Crippen LogP contribution is -2.31. The van der Waals surface area contributed by atoms with Gasteiger partial charge in [-0.1, -0.05) is 12.1 Å². The minimum atomic E-state index is -4.56. The fourth-order valence-corrected chi connectivity index (χ4v) is 1.37. The third-order valence-corrected chi connectivity index (χ3v) is 2.35. The number of carboxylic acids is 1. The number of rotatable bonds is 4. The van der Waals surface area contributed by atoms with E-state index < -0.39 is 36.3 Å². The molecule has 0 saturated carbocycles. The standard InChI is InChI=1S/C11H11F4NO2/c12-8(5-9(16)10(17)18)6-2-1-3-7(4-6)11(13,14)15/h1-4,8-9H,5,16H2,(H,17,18). The minimum Gasteiger partial charge on any atom is -0.480 e. The summed E-state index contributed by atoms with van der Waals surface area (Å²) in [5.41, 5.74) is 3.90. The Hall–Kier alpha value is -1.63. The zero-order valence-corrected chi connectivity index (χ0v) is 9.12. The fourth-order valence-electron chi connectivity index (χ4n) is 1.37. The lowest BCUT2D eigenvalue weighted by atomic mass is 10.0. The maximum absolute atomic E-state index is 13.6. The Kier molecular flexibility index (Phi) is 4.28. The zero-order valence-electron chi connectivity index (χ0n) is 9.12. The lowest BCUT2D eigenvalue weighted by Gasteiger charge is -2.13. The first kappa shape index (κ1) is 14.4. The Morgan fingerprint density at radius 2 is 2.00 bits per heavy atom. The number of carbonyl (C=O) groups is 1. The topological polar surface area (TPSA) is 63.3 Å². The molecule has 2 atom stereocenters. The van der Waals surface area contributed by atoms with E-state index >= 15 is 0 Å². The number of carboxylic acid groups (broad SMARTS) is 1. The van der Waals surface area contributed by atoms with Gasteiger partial charge >= 0.3 is 12.1 Å². The van der Waals surface area contributed by atoms with E-state index in [9.17, 15) is 22.4 Å². The van der Waals surface area contributed by atoms with Crippen LogP contribution in [0.1, 0.15) is 23.7 Å². The second-order valence-electron chi connectivity index (χ2n) is 3.77. The highest BCUT2D eigenvalue weighted by molar-refractivity contribution is 5.73. The minimum absolute atomic E-state index is 0.235. The van der Waals surface area contributed by atoms with Crippen LogP contribution in [-0.2, 0) is 11.0 Å². The summed E-state index contributed by atoms with van der Waals surface area (Å²) in [7, 11) is 0. The van der Waals surface area contributed by atoms with E-state index in [1.165, 1.54) is 0 Å². The molecule has 3 N–H and O–H groups in total. The summed E-state index contributed by atoms with van der Waals surface area (Å²) in [6, 6.07) is 2.24. The highest BCUT2D eigenvalue weighted by Gasteiger charge is 2.31. The Labute approximate surface area is 100 Å². The van der Waals surface area contributed by atoms with E-state index in [-0.39, 0.29) is 5.56 Å². The summed E-state index contributed by atoms with van der Waals surface area (Å²) in [5, 5.41) is 8.49. The van der Waals surface area contributed by atoms with E-state index in [0.29, 0.717) is 6.07 Å². The first-order valence-corrected chi connectivity index (χ1v) is 5.01. The van der Waals surface area contributed by atoms with Gasteiger partial charge in [0.2, 0.25) is 0 Å². The van der Waals surface area contributed by atoms with Crippen LogP contribution in [0.5, 0.6) is 0 Å². The molecule has 100 valence electrons. The molecule has 1 rings (SSSR count). The quantitative estimate of drug-likeness (QED) is 0.822. The first-order valence-electron chi connectivity index (χ1n) is 5.01. The molecule has 3 nitrogen and oxygen atoms in total. The third-order valence-electron chi connectivity index (χ3n) is 2.35. The van der Waals surface area contributed by atoms with E-state index in [2.05, 4.69) is 0 Å². The van der Waals surface area contributed by atoms with Crippen molar-refractivity contribution in [2.24, 2.45) is 5.73 Å². The van der Waals surface area contributed by atoms with Crippen molar-refractivity contribution < 1.29 is 27.5 Å². The summed E-state index contributed by atoms with van der Waals surface area (Å²) in [5.74, 6) is -1.40. The average Bonchev–Trinajstić information content (AvgIpc) is 2.27. The van der Waals surface area contributed by atoms with Crippen molar-refractivity contribution in [3.63, 3.8) is 0 Å². The molecule has 0 amide bonds. The molecule has 0 saturated heterocycles. The molecule has 2 unspecified atom stereocenters. The number of halogens is 4. The van der Waals surface area contributed by atoms with Gasteiger partial charge in [0.25, 0.3) is 0 Å². The van der Waals surface area contributed by atoms with Gasteiger partial charge in [0, 0.05) is 6.42 Å². The molecule has 0 aromatic heterocycles. The summed E-state index contributed by atoms with van der Waals surface area (Å²) in [6.45, 7) is 0. The number of aliphatic carboxylic acids is 1. The molecule has 0 spiro atoms. The SMILES string of the molecule is NC(CC(F)c1cccc(C(F)(F)F)c1)C(=O)O. The monoisotopic (exact) mass is 265 g/mol. The summed E-state index contributed by atoms with van der Waals surface area (Å²) < 4.78 is 50.7. The maximum Gasteiger partial charge on any atom is 0.416 e. The number of hydrogen-bond acceptors (Lipinski definition) is 2. The van der Waals surface area contributed by atoms with Crippen LogP contribution in [-0.4, -0.2) is 17.1 Å². The van der Waals surface area contributed by atoms with Crippen molar-refractivity contribution in [2.45, 2.75) is 24.8 Å². The highest BCUT2D eigenvalue weighted by atomic mass is 19.4. The summed E-state index contributed by atoms with van der Waals surface area (Å²) >= 11 is 0. The molecule has 0 fully saturated rings. The van der Waals surface area contributed by atoms with Crippen LogP contribution in [0.15, 0.2) is 24.3 Å². The van der Waals surface area contributed by atoms with Gasteiger partial charge in [-0.05, 0) is 17.7 Å². The molecule has 0 aliphatic rings. The van der Waals surface area contributed by atoms with Crippen LogP contribution >= 0.6 is 0 Å². The summed E-state index contributed by atoms with van der Waals surface area (Å²) in [4.78, 5) is 10.4. The summed E-state index contributed by atoms with van der Waals surface area (Å²) in [6.07, 6.45) is -6.99. The van der Waals surface area contributed by atoms with Gasteiger partial charge in [-0.25, -0.2) is 4.39 Å². The third kappa shape index (κ3) is 3.69. The maximum atomic E-state index is 13.6. The van der Waals surface area contributed by atoms with Crippen LogP contribution in [0.4, 0.5) is 17.6 Å². The van der Waals surface area contributed by atoms with Crippen molar-refractivity contribution in [3.8, 4) is 0 Å². The van der Waals surface area contributed by atoms with Crippen LogP contribution < -0.4 is 5.73 Å². The number of alkyl halides is 4. The van der Waals surface area contributed by atoms with Gasteiger partial charge in [0.15, 0.2) is 0 Å². The molecule has 0 bridgehead atoms. The van der Waals surface area contributed by atoms with Crippen LogP contribution in [0, 0.1) is 0 Å². The largest absolute Gasteiger partial charge is 0.480 e. The van der Waals surface area contributed by atoms with Gasteiger partial charge in [-0.2, -0.15) is 13.2 Å². The number of benzene rings is 1. The zero-order chi connectivity index (χ0) is 13.9. The van der Waals surface area contributed by atoms with Gasteiger partial charge in [-0.3, -0.25) is 4.79 Å². The Morgan fingerprint density at radius 1 is 1.39 bits per heavy atom. The molecular formula is C11H11F4NO2. The van der Waals surface area contributed by atoms with E-state index in [1.807, 2.05) is 0 Å². The van der Waals surface area contributed by atoms with Crippen LogP contribution in [0.2, 0.25) is 0 Å². The molecule has 18 heavy (non-hydrogen) atoms. The predicted molar refractivity (Wildman–Crippen MR) is 55.5 cm³/mol. The normalized spacial score (nSPS) is 15.2. The molecular weight excluding hydrogens is 254 g/mol. The Balaban J connectivity index is 2.87. The molecule has 1 aromatic carbocycles. The average molecular weight is 265 g/mol. The Morgan fingerprint density at radius 3 is 2.50 bits per heavy atom. The van der Waals surface area contributed by atoms with Crippen molar-refractivity contribution in [1.82, 2.24) is 0 Å². The van der Waals surface area contributed by atoms with E-state index in [1.54, 1.807) is 0 Å². The van der Waals surface area contributed by atoms with Crippen molar-refractivity contribution in [1.29, 1.82) is 0 Å². The van der Waals surface area contributed by atoms with Gasteiger partial charge < -0.3 is 10.8 Å². The van der Waals surface area contributed by atoms with Crippen molar-refractivity contribution >= 4 is 5.97 Å². The van der Waals surface area contributed by atoms with Crippen LogP contribution in [0.25, 0.3) is 0 Å². The van der Waals surface area contributed by atoms with Crippen LogP contribution in [0.3, 0.4) is 0 Å². The second-order valence-corrected chi connectivity index (χ2v) is 3.77.